The number of hydrogen-bond acceptors (Lipinski definition) is 2. The Morgan fingerprint density at radius 2 is 1.83 bits per heavy atom. The lowest BCUT2D eigenvalue weighted by Crippen LogP contribution is -2.45. The largest absolute Gasteiger partial charge is 0.343 e. The zero-order valence-corrected chi connectivity index (χ0v) is 15.3. The van der Waals surface area contributed by atoms with Crippen molar-refractivity contribution in [1.29, 1.82) is 0 Å². The van der Waals surface area contributed by atoms with Gasteiger partial charge < -0.3 is 10.2 Å². The summed E-state index contributed by atoms with van der Waals surface area (Å²) in [5.41, 5.74) is 2.58. The first-order valence-electron chi connectivity index (χ1n) is 9.73. The van der Waals surface area contributed by atoms with Gasteiger partial charge >= 0.3 is 0 Å². The van der Waals surface area contributed by atoms with Crippen molar-refractivity contribution in [3.8, 4) is 0 Å². The van der Waals surface area contributed by atoms with Crippen LogP contribution >= 0.6 is 0 Å². The molecule has 0 bridgehead atoms. The van der Waals surface area contributed by atoms with Gasteiger partial charge in [-0.2, -0.15) is 0 Å². The van der Waals surface area contributed by atoms with Gasteiger partial charge in [0.05, 0.1) is 0 Å². The summed E-state index contributed by atoms with van der Waals surface area (Å²) in [5.74, 6) is 1.62. The summed E-state index contributed by atoms with van der Waals surface area (Å²) in [6, 6.07) is 9.29. The molecule has 0 radical (unpaired) electrons. The van der Waals surface area contributed by atoms with Crippen molar-refractivity contribution in [2.45, 2.75) is 64.3 Å². The molecule has 1 heterocycles. The Kier molecular flexibility index (Phi) is 5.94. The van der Waals surface area contributed by atoms with Gasteiger partial charge in [-0.1, -0.05) is 36.8 Å². The molecule has 3 heteroatoms. The third kappa shape index (κ3) is 4.83. The fraction of sp³-hybridized carbons (Fsp3) is 0.667. The lowest BCUT2D eigenvalue weighted by molar-refractivity contribution is -0.132. The van der Waals surface area contributed by atoms with Gasteiger partial charge in [0, 0.05) is 25.6 Å². The van der Waals surface area contributed by atoms with Crippen LogP contribution in [0.3, 0.4) is 0 Å². The second-order valence-electron chi connectivity index (χ2n) is 7.73. The second-order valence-corrected chi connectivity index (χ2v) is 7.73. The number of carbonyl (C=O) groups is 1. The standard InChI is InChI=1S/C21H32N2O/c1-3-18(19-8-4-16(2)5-9-19)14-21(24)23-12-10-20(11-13-23)22-15-17-6-7-17/h4-5,8-9,17-18,20,22H,3,6-7,10-15H2,1-2H3. The van der Waals surface area contributed by atoms with Gasteiger partial charge in [-0.15, -0.1) is 0 Å². The number of nitrogens with zero attached hydrogens (tertiary/aromatic N) is 1. The van der Waals surface area contributed by atoms with Gasteiger partial charge in [0.2, 0.25) is 5.91 Å². The Hall–Kier alpha value is -1.35. The molecule has 1 N–H and O–H groups in total. The lowest BCUT2D eigenvalue weighted by atomic mass is 9.91. The Morgan fingerprint density at radius 3 is 2.42 bits per heavy atom. The molecule has 24 heavy (non-hydrogen) atoms. The average molecular weight is 328 g/mol. The smallest absolute Gasteiger partial charge is 0.223 e. The third-order valence-electron chi connectivity index (χ3n) is 5.70. The molecule has 2 aliphatic rings. The van der Waals surface area contributed by atoms with Crippen molar-refractivity contribution in [2.24, 2.45) is 5.92 Å². The van der Waals surface area contributed by atoms with Crippen LogP contribution in [0.1, 0.15) is 62.5 Å². The van der Waals surface area contributed by atoms with Crippen LogP contribution in [-0.2, 0) is 4.79 Å². The normalized spacial score (nSPS) is 20.2. The minimum absolute atomic E-state index is 0.336. The van der Waals surface area contributed by atoms with Gasteiger partial charge in [0.25, 0.3) is 0 Å². The van der Waals surface area contributed by atoms with Gasteiger partial charge in [0.1, 0.15) is 0 Å². The molecule has 1 saturated carbocycles. The molecule has 0 spiro atoms. The molecule has 1 aliphatic carbocycles. The Bertz CT molecular complexity index is 527. The van der Waals surface area contributed by atoms with E-state index in [0.29, 0.717) is 24.3 Å². The number of carbonyl (C=O) groups excluding carboxylic acids is 1. The van der Waals surface area contributed by atoms with Gasteiger partial charge in [-0.25, -0.2) is 0 Å². The van der Waals surface area contributed by atoms with E-state index in [9.17, 15) is 4.79 Å². The highest BCUT2D eigenvalue weighted by Crippen LogP contribution is 2.28. The van der Waals surface area contributed by atoms with E-state index < -0.39 is 0 Å². The number of likely N-dealkylation sites (tertiary alicyclic amines) is 1. The van der Waals surface area contributed by atoms with Gasteiger partial charge in [-0.05, 0) is 63.0 Å². The van der Waals surface area contributed by atoms with E-state index >= 15 is 0 Å². The maximum absolute atomic E-state index is 12.7. The summed E-state index contributed by atoms with van der Waals surface area (Å²) in [5, 5.41) is 3.69. The lowest BCUT2D eigenvalue weighted by Gasteiger charge is -2.33. The minimum Gasteiger partial charge on any atom is -0.343 e. The average Bonchev–Trinajstić information content (AvgIpc) is 3.43. The Labute approximate surface area is 146 Å². The number of hydrogen-bond donors (Lipinski definition) is 1. The highest BCUT2D eigenvalue weighted by Gasteiger charge is 2.26. The summed E-state index contributed by atoms with van der Waals surface area (Å²) < 4.78 is 0. The number of aryl methyl sites for hydroxylation is 1. The fourth-order valence-electron chi connectivity index (χ4n) is 3.66. The zero-order chi connectivity index (χ0) is 16.9. The fourth-order valence-corrected chi connectivity index (χ4v) is 3.66. The van der Waals surface area contributed by atoms with Gasteiger partial charge in [0.15, 0.2) is 0 Å². The van der Waals surface area contributed by atoms with Crippen molar-refractivity contribution in [1.82, 2.24) is 10.2 Å². The number of amides is 1. The molecule has 0 aromatic heterocycles. The molecular weight excluding hydrogens is 296 g/mol. The van der Waals surface area contributed by atoms with E-state index in [1.807, 2.05) is 0 Å². The SMILES string of the molecule is CCC(CC(=O)N1CCC(NCC2CC2)CC1)c1ccc(C)cc1. The molecule has 2 fully saturated rings. The second kappa shape index (κ2) is 8.15. The van der Waals surface area contributed by atoms with Crippen molar-refractivity contribution in [2.75, 3.05) is 19.6 Å². The minimum atomic E-state index is 0.336. The molecule has 3 rings (SSSR count). The number of rotatable bonds is 7. The van der Waals surface area contributed by atoms with E-state index in [-0.39, 0.29) is 0 Å². The van der Waals surface area contributed by atoms with E-state index in [2.05, 4.69) is 48.3 Å². The monoisotopic (exact) mass is 328 g/mol. The van der Waals surface area contributed by atoms with Crippen LogP contribution in [0, 0.1) is 12.8 Å². The highest BCUT2D eigenvalue weighted by atomic mass is 16.2. The van der Waals surface area contributed by atoms with Gasteiger partial charge in [-0.3, -0.25) is 4.79 Å². The van der Waals surface area contributed by atoms with E-state index in [4.69, 9.17) is 0 Å². The zero-order valence-electron chi connectivity index (χ0n) is 15.3. The van der Waals surface area contributed by atoms with Crippen molar-refractivity contribution < 1.29 is 4.79 Å². The maximum atomic E-state index is 12.7. The predicted octanol–water partition coefficient (Wildman–Crippen LogP) is 3.87. The third-order valence-corrected chi connectivity index (χ3v) is 5.70. The molecule has 1 aliphatic heterocycles. The molecule has 3 nitrogen and oxygen atoms in total. The Morgan fingerprint density at radius 1 is 1.17 bits per heavy atom. The first-order chi connectivity index (χ1) is 11.7. The van der Waals surface area contributed by atoms with Crippen molar-refractivity contribution in [3.05, 3.63) is 35.4 Å². The maximum Gasteiger partial charge on any atom is 0.223 e. The summed E-state index contributed by atoms with van der Waals surface area (Å²) >= 11 is 0. The predicted molar refractivity (Wildman–Crippen MR) is 99.2 cm³/mol. The van der Waals surface area contributed by atoms with Crippen LogP contribution in [0.15, 0.2) is 24.3 Å². The van der Waals surface area contributed by atoms with E-state index in [1.165, 1.54) is 30.5 Å². The number of benzene rings is 1. The first-order valence-corrected chi connectivity index (χ1v) is 9.73. The first kappa shape index (κ1) is 17.5. The quantitative estimate of drug-likeness (QED) is 0.824. The molecular formula is C21H32N2O. The summed E-state index contributed by atoms with van der Waals surface area (Å²) in [6.45, 7) is 7.32. The van der Waals surface area contributed by atoms with Crippen LogP contribution in [-0.4, -0.2) is 36.5 Å². The summed E-state index contributed by atoms with van der Waals surface area (Å²) in [4.78, 5) is 14.8. The number of piperidine rings is 1. The molecule has 1 saturated heterocycles. The molecule has 1 atom stereocenters. The summed E-state index contributed by atoms with van der Waals surface area (Å²) in [7, 11) is 0. The van der Waals surface area contributed by atoms with E-state index in [0.717, 1.165) is 38.3 Å². The Balaban J connectivity index is 1.46. The van der Waals surface area contributed by atoms with Crippen LogP contribution in [0.4, 0.5) is 0 Å². The number of nitrogens with one attached hydrogen (secondary N) is 1. The van der Waals surface area contributed by atoms with Crippen molar-refractivity contribution in [3.63, 3.8) is 0 Å². The van der Waals surface area contributed by atoms with Crippen molar-refractivity contribution >= 4 is 5.91 Å². The van der Waals surface area contributed by atoms with Crippen LogP contribution < -0.4 is 5.32 Å². The topological polar surface area (TPSA) is 32.3 Å². The van der Waals surface area contributed by atoms with Crippen LogP contribution in [0.2, 0.25) is 0 Å². The molecule has 1 aromatic rings. The molecule has 1 amide bonds. The van der Waals surface area contributed by atoms with Crippen LogP contribution in [0.25, 0.3) is 0 Å². The summed E-state index contributed by atoms with van der Waals surface area (Å²) in [6.07, 6.45) is 6.71. The van der Waals surface area contributed by atoms with E-state index in [1.54, 1.807) is 0 Å². The van der Waals surface area contributed by atoms with Crippen LogP contribution in [0.5, 0.6) is 0 Å². The highest BCUT2D eigenvalue weighted by molar-refractivity contribution is 5.77. The molecule has 1 aromatic carbocycles. The molecule has 132 valence electrons. The molecule has 1 unspecified atom stereocenters.